The Balaban J connectivity index is 2.77. The van der Waals surface area contributed by atoms with Gasteiger partial charge in [-0.05, 0) is 19.8 Å². The molecule has 0 aliphatic heterocycles. The molecule has 0 amide bonds. The summed E-state index contributed by atoms with van der Waals surface area (Å²) in [6.45, 7) is 9.29. The first-order valence-electron chi connectivity index (χ1n) is 4.65. The van der Waals surface area contributed by atoms with Crippen LogP contribution >= 0.6 is 0 Å². The number of carbonyl (C=O) groups excluding carboxylic acids is 1. The van der Waals surface area contributed by atoms with Crippen LogP contribution in [0.15, 0.2) is 4.99 Å². The second kappa shape index (κ2) is 4.20. The fraction of sp³-hybridized carbons (Fsp3) is 0.800. The van der Waals surface area contributed by atoms with Crippen molar-refractivity contribution < 1.29 is 4.79 Å². The topological polar surface area (TPSA) is 33.8 Å². The SMILES string of the molecule is [C-]#[N+]CC1CCCCC1(C)N=C=O. The van der Waals surface area contributed by atoms with Gasteiger partial charge >= 0.3 is 0 Å². The summed E-state index contributed by atoms with van der Waals surface area (Å²) in [6.07, 6.45) is 5.84. The van der Waals surface area contributed by atoms with E-state index in [2.05, 4.69) is 9.84 Å². The van der Waals surface area contributed by atoms with Crippen molar-refractivity contribution >= 4 is 6.08 Å². The van der Waals surface area contributed by atoms with Crippen molar-refractivity contribution in [2.75, 3.05) is 6.54 Å². The Labute approximate surface area is 78.7 Å². The molecule has 13 heavy (non-hydrogen) atoms. The molecule has 3 nitrogen and oxygen atoms in total. The van der Waals surface area contributed by atoms with Gasteiger partial charge in [0.25, 0.3) is 0 Å². The maximum absolute atomic E-state index is 10.3. The van der Waals surface area contributed by atoms with Crippen molar-refractivity contribution in [2.45, 2.75) is 38.1 Å². The van der Waals surface area contributed by atoms with Gasteiger partial charge in [-0.25, -0.2) is 11.4 Å². The summed E-state index contributed by atoms with van der Waals surface area (Å²) >= 11 is 0. The van der Waals surface area contributed by atoms with Crippen LogP contribution in [-0.2, 0) is 4.79 Å². The highest BCUT2D eigenvalue weighted by atomic mass is 16.1. The Morgan fingerprint density at radius 1 is 1.69 bits per heavy atom. The van der Waals surface area contributed by atoms with E-state index < -0.39 is 0 Å². The molecular weight excluding hydrogens is 164 g/mol. The van der Waals surface area contributed by atoms with Gasteiger partial charge in [0, 0.05) is 0 Å². The number of rotatable bonds is 2. The number of isocyanates is 1. The minimum atomic E-state index is -0.315. The second-order valence-electron chi connectivity index (χ2n) is 3.84. The molecule has 1 rings (SSSR count). The first-order valence-corrected chi connectivity index (χ1v) is 4.65. The third-order valence-corrected chi connectivity index (χ3v) is 2.98. The molecule has 2 unspecified atom stereocenters. The van der Waals surface area contributed by atoms with Crippen LogP contribution in [0.4, 0.5) is 0 Å². The summed E-state index contributed by atoms with van der Waals surface area (Å²) in [4.78, 5) is 17.5. The lowest BCUT2D eigenvalue weighted by Gasteiger charge is -2.33. The summed E-state index contributed by atoms with van der Waals surface area (Å²) in [5.74, 6) is 0.250. The average molecular weight is 178 g/mol. The van der Waals surface area contributed by atoms with Gasteiger partial charge in [-0.2, -0.15) is 4.99 Å². The van der Waals surface area contributed by atoms with Crippen molar-refractivity contribution in [1.29, 1.82) is 0 Å². The van der Waals surface area contributed by atoms with Gasteiger partial charge in [0.05, 0.1) is 11.5 Å². The third-order valence-electron chi connectivity index (χ3n) is 2.98. The zero-order valence-corrected chi connectivity index (χ0v) is 7.92. The molecule has 3 heteroatoms. The minimum Gasteiger partial charge on any atom is -0.317 e. The monoisotopic (exact) mass is 178 g/mol. The maximum Gasteiger partial charge on any atom is 0.235 e. The summed E-state index contributed by atoms with van der Waals surface area (Å²) < 4.78 is 0. The van der Waals surface area contributed by atoms with Crippen LogP contribution in [0.25, 0.3) is 4.85 Å². The van der Waals surface area contributed by atoms with Crippen molar-refractivity contribution in [3.05, 3.63) is 11.4 Å². The van der Waals surface area contributed by atoms with Crippen LogP contribution in [0, 0.1) is 12.5 Å². The molecule has 0 bridgehead atoms. The molecule has 0 aromatic carbocycles. The standard InChI is InChI=1S/C10H14N2O/c1-10(12-8-13)6-4-3-5-9(10)7-11-2/h9H,3-7H2,1H3. The molecule has 0 radical (unpaired) electrons. The zero-order valence-electron chi connectivity index (χ0n) is 7.92. The van der Waals surface area contributed by atoms with Gasteiger partial charge in [0.1, 0.15) is 0 Å². The van der Waals surface area contributed by atoms with Gasteiger partial charge < -0.3 is 4.85 Å². The number of hydrogen-bond donors (Lipinski definition) is 0. The summed E-state index contributed by atoms with van der Waals surface area (Å²) in [5, 5.41) is 0. The Morgan fingerprint density at radius 3 is 3.08 bits per heavy atom. The van der Waals surface area contributed by atoms with E-state index in [-0.39, 0.29) is 11.5 Å². The highest BCUT2D eigenvalue weighted by molar-refractivity contribution is 5.35. The molecule has 0 saturated heterocycles. The van der Waals surface area contributed by atoms with E-state index >= 15 is 0 Å². The van der Waals surface area contributed by atoms with Crippen LogP contribution in [0.3, 0.4) is 0 Å². The lowest BCUT2D eigenvalue weighted by molar-refractivity contribution is 0.225. The zero-order chi connectivity index (χ0) is 9.73. The summed E-state index contributed by atoms with van der Waals surface area (Å²) in [7, 11) is 0. The molecule has 1 aliphatic rings. The summed E-state index contributed by atoms with van der Waals surface area (Å²) in [6, 6.07) is 0. The smallest absolute Gasteiger partial charge is 0.235 e. The van der Waals surface area contributed by atoms with E-state index in [1.807, 2.05) is 6.92 Å². The van der Waals surface area contributed by atoms with E-state index in [9.17, 15) is 4.79 Å². The molecule has 2 atom stereocenters. The molecule has 1 aliphatic carbocycles. The Morgan fingerprint density at radius 2 is 2.46 bits per heavy atom. The maximum atomic E-state index is 10.3. The van der Waals surface area contributed by atoms with Crippen molar-refractivity contribution in [2.24, 2.45) is 10.9 Å². The van der Waals surface area contributed by atoms with Gasteiger partial charge in [-0.3, -0.25) is 0 Å². The molecule has 0 N–H and O–H groups in total. The van der Waals surface area contributed by atoms with Crippen molar-refractivity contribution in [1.82, 2.24) is 0 Å². The highest BCUT2D eigenvalue weighted by Crippen LogP contribution is 2.36. The Bertz CT molecular complexity index is 263. The number of nitrogens with zero attached hydrogens (tertiary/aromatic N) is 2. The number of aliphatic imine (C=N–C) groups is 1. The summed E-state index contributed by atoms with van der Waals surface area (Å²) in [5.41, 5.74) is -0.315. The second-order valence-corrected chi connectivity index (χ2v) is 3.84. The van der Waals surface area contributed by atoms with Crippen LogP contribution < -0.4 is 0 Å². The highest BCUT2D eigenvalue weighted by Gasteiger charge is 2.38. The van der Waals surface area contributed by atoms with E-state index in [0.29, 0.717) is 6.54 Å². The van der Waals surface area contributed by atoms with Crippen LogP contribution in [0.5, 0.6) is 0 Å². The van der Waals surface area contributed by atoms with Crippen molar-refractivity contribution in [3.63, 3.8) is 0 Å². The van der Waals surface area contributed by atoms with E-state index in [1.165, 1.54) is 0 Å². The fourth-order valence-corrected chi connectivity index (χ4v) is 2.04. The van der Waals surface area contributed by atoms with E-state index in [1.54, 1.807) is 6.08 Å². The molecule has 0 aromatic rings. The molecule has 70 valence electrons. The largest absolute Gasteiger partial charge is 0.317 e. The Kier molecular flexibility index (Phi) is 3.22. The first-order chi connectivity index (χ1) is 6.23. The predicted octanol–water partition coefficient (Wildman–Crippen LogP) is 2.19. The van der Waals surface area contributed by atoms with Gasteiger partial charge in [0.15, 0.2) is 0 Å². The molecule has 1 fully saturated rings. The van der Waals surface area contributed by atoms with Gasteiger partial charge in [-0.1, -0.05) is 12.8 Å². The quantitative estimate of drug-likeness (QED) is 0.362. The molecular formula is C10H14N2O. The van der Waals surface area contributed by atoms with E-state index in [0.717, 1.165) is 25.7 Å². The molecule has 0 heterocycles. The third kappa shape index (κ3) is 2.17. The van der Waals surface area contributed by atoms with Crippen LogP contribution in [0.1, 0.15) is 32.6 Å². The molecule has 0 spiro atoms. The number of hydrogen-bond acceptors (Lipinski definition) is 2. The van der Waals surface area contributed by atoms with Gasteiger partial charge in [-0.15, -0.1) is 0 Å². The minimum absolute atomic E-state index is 0.250. The Hall–Kier alpha value is -1.13. The van der Waals surface area contributed by atoms with Crippen LogP contribution in [0.2, 0.25) is 0 Å². The first kappa shape index (κ1) is 9.95. The normalized spacial score (nSPS) is 33.1. The fourth-order valence-electron chi connectivity index (χ4n) is 2.04. The lowest BCUT2D eigenvalue weighted by atomic mass is 9.74. The average Bonchev–Trinajstić information content (AvgIpc) is 2.10. The lowest BCUT2D eigenvalue weighted by Crippen LogP contribution is -2.37. The molecule has 1 saturated carbocycles. The predicted molar refractivity (Wildman–Crippen MR) is 50.0 cm³/mol. The van der Waals surface area contributed by atoms with Gasteiger partial charge in [0.2, 0.25) is 12.6 Å². The van der Waals surface area contributed by atoms with Crippen LogP contribution in [-0.4, -0.2) is 18.2 Å². The van der Waals surface area contributed by atoms with Crippen molar-refractivity contribution in [3.8, 4) is 0 Å². The van der Waals surface area contributed by atoms with E-state index in [4.69, 9.17) is 6.57 Å². The molecule has 0 aromatic heterocycles.